The number of ether oxygens (including phenoxy) is 1. The number of alkyl halides is 5. The molecule has 7 nitrogen and oxygen atoms in total. The highest BCUT2D eigenvalue weighted by Crippen LogP contribution is 2.42. The Morgan fingerprint density at radius 2 is 2.03 bits per heavy atom. The summed E-state index contributed by atoms with van der Waals surface area (Å²) in [6, 6.07) is 5.12. The SMILES string of the molecule is FC(F)Cn1ncc2ncc(N3CCCC4(C3)N[C@@H]4Oc3ccccc3C(F)(F)F)nc21. The monoisotopic (exact) mass is 454 g/mol. The van der Waals surface area contributed by atoms with Crippen LogP contribution < -0.4 is 15.0 Å². The van der Waals surface area contributed by atoms with Crippen LogP contribution in [0.1, 0.15) is 18.4 Å². The number of hydrogen-bond donors (Lipinski definition) is 1. The molecular formula is C20H19F5N6O. The van der Waals surface area contributed by atoms with Crippen LogP contribution in [-0.2, 0) is 12.7 Å². The number of hydrogen-bond acceptors (Lipinski definition) is 6. The van der Waals surface area contributed by atoms with Crippen LogP contribution in [0.25, 0.3) is 11.2 Å². The van der Waals surface area contributed by atoms with Crippen LogP contribution in [0.5, 0.6) is 5.75 Å². The van der Waals surface area contributed by atoms with Crippen molar-refractivity contribution in [3.05, 3.63) is 42.2 Å². The number of nitrogens with one attached hydrogen (secondary N) is 1. The van der Waals surface area contributed by atoms with E-state index in [0.29, 0.717) is 24.4 Å². The molecule has 5 rings (SSSR count). The van der Waals surface area contributed by atoms with E-state index in [4.69, 9.17) is 4.74 Å². The molecule has 2 aromatic heterocycles. The lowest BCUT2D eigenvalue weighted by Crippen LogP contribution is -2.44. The molecule has 1 unspecified atom stereocenters. The molecule has 170 valence electrons. The van der Waals surface area contributed by atoms with Crippen molar-refractivity contribution in [2.24, 2.45) is 0 Å². The van der Waals surface area contributed by atoms with E-state index >= 15 is 0 Å². The third kappa shape index (κ3) is 3.83. The Morgan fingerprint density at radius 3 is 2.81 bits per heavy atom. The Balaban J connectivity index is 1.34. The molecule has 0 amide bonds. The highest BCUT2D eigenvalue weighted by atomic mass is 19.4. The molecule has 3 aromatic rings. The van der Waals surface area contributed by atoms with Gasteiger partial charge in [-0.05, 0) is 25.0 Å². The topological polar surface area (TPSA) is 78.0 Å². The van der Waals surface area contributed by atoms with Crippen molar-refractivity contribution in [1.82, 2.24) is 25.1 Å². The number of fused-ring (bicyclic) bond motifs is 1. The molecule has 0 aliphatic carbocycles. The van der Waals surface area contributed by atoms with E-state index in [-0.39, 0.29) is 11.4 Å². The smallest absolute Gasteiger partial charge is 0.419 e. The number of piperidine rings is 1. The average molecular weight is 454 g/mol. The first kappa shape index (κ1) is 20.9. The zero-order chi connectivity index (χ0) is 22.5. The fourth-order valence-corrected chi connectivity index (χ4v) is 4.16. The number of para-hydroxylation sites is 1. The highest BCUT2D eigenvalue weighted by molar-refractivity contribution is 5.71. The Hall–Kier alpha value is -3.02. The molecule has 12 heteroatoms. The second-order valence-electron chi connectivity index (χ2n) is 7.97. The number of rotatable bonds is 5. The van der Waals surface area contributed by atoms with E-state index in [1.54, 1.807) is 6.20 Å². The average Bonchev–Trinajstić information content (AvgIpc) is 3.22. The molecule has 0 saturated carbocycles. The van der Waals surface area contributed by atoms with Gasteiger partial charge in [-0.15, -0.1) is 0 Å². The molecule has 0 bridgehead atoms. The zero-order valence-electron chi connectivity index (χ0n) is 16.7. The van der Waals surface area contributed by atoms with Gasteiger partial charge in [0.2, 0.25) is 0 Å². The van der Waals surface area contributed by atoms with Crippen LogP contribution in [0.2, 0.25) is 0 Å². The molecule has 1 spiro atoms. The lowest BCUT2D eigenvalue weighted by molar-refractivity contribution is -0.139. The van der Waals surface area contributed by atoms with Crippen LogP contribution in [0.3, 0.4) is 0 Å². The van der Waals surface area contributed by atoms with Crippen molar-refractivity contribution in [1.29, 1.82) is 0 Å². The number of benzene rings is 1. The van der Waals surface area contributed by atoms with E-state index in [9.17, 15) is 22.0 Å². The molecule has 0 radical (unpaired) electrons. The second kappa shape index (κ2) is 7.54. The maximum atomic E-state index is 13.3. The Morgan fingerprint density at radius 1 is 1.22 bits per heavy atom. The van der Waals surface area contributed by atoms with Gasteiger partial charge in [-0.2, -0.15) is 18.3 Å². The fraction of sp³-hybridized carbons (Fsp3) is 0.450. The van der Waals surface area contributed by atoms with E-state index in [0.717, 1.165) is 23.6 Å². The third-order valence-electron chi connectivity index (χ3n) is 5.77. The number of anilines is 1. The van der Waals surface area contributed by atoms with E-state index in [2.05, 4.69) is 20.4 Å². The largest absolute Gasteiger partial charge is 0.473 e. The molecular weight excluding hydrogens is 435 g/mol. The molecule has 4 heterocycles. The van der Waals surface area contributed by atoms with Crippen molar-refractivity contribution < 1.29 is 26.7 Å². The quantitative estimate of drug-likeness (QED) is 0.470. The minimum atomic E-state index is -4.51. The van der Waals surface area contributed by atoms with Crippen LogP contribution in [0.4, 0.5) is 27.8 Å². The van der Waals surface area contributed by atoms with Gasteiger partial charge in [0.1, 0.15) is 23.6 Å². The summed E-state index contributed by atoms with van der Waals surface area (Å²) in [5.74, 6) is 0.277. The Labute approximate surface area is 179 Å². The van der Waals surface area contributed by atoms with Gasteiger partial charge in [0.05, 0.1) is 23.5 Å². The number of nitrogens with zero attached hydrogens (tertiary/aromatic N) is 5. The second-order valence-corrected chi connectivity index (χ2v) is 7.97. The predicted octanol–water partition coefficient (Wildman–Crippen LogP) is 3.46. The third-order valence-corrected chi connectivity index (χ3v) is 5.77. The van der Waals surface area contributed by atoms with E-state index in [1.165, 1.54) is 24.4 Å². The zero-order valence-corrected chi connectivity index (χ0v) is 16.7. The van der Waals surface area contributed by atoms with Crippen LogP contribution in [-0.4, -0.2) is 51.0 Å². The van der Waals surface area contributed by atoms with Gasteiger partial charge in [0, 0.05) is 13.1 Å². The molecule has 2 fully saturated rings. The molecule has 2 aliphatic rings. The molecule has 1 N–H and O–H groups in total. The van der Waals surface area contributed by atoms with Crippen LogP contribution in [0.15, 0.2) is 36.7 Å². The van der Waals surface area contributed by atoms with Crippen LogP contribution >= 0.6 is 0 Å². The predicted molar refractivity (Wildman–Crippen MR) is 105 cm³/mol. The van der Waals surface area contributed by atoms with Gasteiger partial charge in [0.15, 0.2) is 11.9 Å². The Bertz CT molecular complexity index is 1140. The molecule has 2 aliphatic heterocycles. The summed E-state index contributed by atoms with van der Waals surface area (Å²) in [6.07, 6.45) is -3.25. The summed E-state index contributed by atoms with van der Waals surface area (Å²) in [7, 11) is 0. The van der Waals surface area contributed by atoms with Crippen molar-refractivity contribution in [3.8, 4) is 5.75 Å². The molecule has 2 atom stereocenters. The first-order valence-electron chi connectivity index (χ1n) is 10.1. The maximum absolute atomic E-state index is 13.3. The minimum absolute atomic E-state index is 0.219. The van der Waals surface area contributed by atoms with Gasteiger partial charge in [-0.25, -0.2) is 23.4 Å². The van der Waals surface area contributed by atoms with Crippen molar-refractivity contribution in [2.75, 3.05) is 18.0 Å². The van der Waals surface area contributed by atoms with Gasteiger partial charge < -0.3 is 9.64 Å². The van der Waals surface area contributed by atoms with E-state index < -0.39 is 36.5 Å². The first-order valence-corrected chi connectivity index (χ1v) is 10.1. The highest BCUT2D eigenvalue weighted by Gasteiger charge is 2.58. The number of halogens is 5. The lowest BCUT2D eigenvalue weighted by atomic mass is 9.97. The molecule has 2 saturated heterocycles. The van der Waals surface area contributed by atoms with Crippen LogP contribution in [0, 0.1) is 0 Å². The lowest BCUT2D eigenvalue weighted by Gasteiger charge is -2.33. The van der Waals surface area contributed by atoms with Gasteiger partial charge in [-0.3, -0.25) is 5.32 Å². The maximum Gasteiger partial charge on any atom is 0.419 e. The van der Waals surface area contributed by atoms with Gasteiger partial charge >= 0.3 is 6.18 Å². The van der Waals surface area contributed by atoms with Crippen molar-refractivity contribution in [2.45, 2.75) is 43.8 Å². The van der Waals surface area contributed by atoms with Gasteiger partial charge in [0.25, 0.3) is 6.43 Å². The molecule has 1 aromatic carbocycles. The van der Waals surface area contributed by atoms with E-state index in [1.807, 2.05) is 4.90 Å². The summed E-state index contributed by atoms with van der Waals surface area (Å²) in [4.78, 5) is 10.7. The Kier molecular flexibility index (Phi) is 4.91. The van der Waals surface area contributed by atoms with Crippen molar-refractivity contribution >= 4 is 17.0 Å². The first-order chi connectivity index (χ1) is 15.2. The van der Waals surface area contributed by atoms with Crippen molar-refractivity contribution in [3.63, 3.8) is 0 Å². The summed E-state index contributed by atoms with van der Waals surface area (Å²) in [6.45, 7) is 0.509. The van der Waals surface area contributed by atoms with Gasteiger partial charge in [-0.1, -0.05) is 12.1 Å². The normalized spacial score (nSPS) is 23.3. The number of aromatic nitrogens is 4. The fourth-order valence-electron chi connectivity index (χ4n) is 4.16. The molecule has 32 heavy (non-hydrogen) atoms. The summed E-state index contributed by atoms with van der Waals surface area (Å²) in [5, 5.41) is 7.10. The standard InChI is InChI=1S/C20H19F5N6O/c21-15(22)10-31-17-13(8-27-31)26-9-16(28-17)30-7-3-6-19(11-30)18(29-19)32-14-5-2-1-4-12(14)20(23,24)25/h1-2,4-5,8-9,15,18,29H,3,6-7,10-11H2/t18-,19?/m1/s1. The summed E-state index contributed by atoms with van der Waals surface area (Å²) in [5.41, 5.74) is -0.662. The summed E-state index contributed by atoms with van der Waals surface area (Å²) >= 11 is 0. The summed E-state index contributed by atoms with van der Waals surface area (Å²) < 4.78 is 72.2. The minimum Gasteiger partial charge on any atom is -0.473 e.